The number of anilines is 1. The standard InChI is InChI=1S/C9H9FN2O/c1-2-8-12-7-4-5(11)3-6(10)9(7)13-8/h3-4H,2,11H2,1H3. The minimum atomic E-state index is -0.456. The zero-order chi connectivity index (χ0) is 9.42. The molecule has 1 aromatic heterocycles. The molecule has 0 saturated heterocycles. The Morgan fingerprint density at radius 1 is 1.54 bits per heavy atom. The fraction of sp³-hybridized carbons (Fsp3) is 0.222. The van der Waals surface area contributed by atoms with E-state index in [0.29, 0.717) is 23.5 Å². The van der Waals surface area contributed by atoms with Gasteiger partial charge in [0.15, 0.2) is 17.3 Å². The number of nitrogens with two attached hydrogens (primary N) is 1. The van der Waals surface area contributed by atoms with Gasteiger partial charge in [-0.25, -0.2) is 9.37 Å². The SMILES string of the molecule is CCc1nc2cc(N)cc(F)c2o1. The summed E-state index contributed by atoms with van der Waals surface area (Å²) in [6.45, 7) is 1.89. The van der Waals surface area contributed by atoms with E-state index in [0.717, 1.165) is 0 Å². The van der Waals surface area contributed by atoms with E-state index in [-0.39, 0.29) is 5.58 Å². The molecule has 0 saturated carbocycles. The van der Waals surface area contributed by atoms with Gasteiger partial charge in [0.25, 0.3) is 0 Å². The van der Waals surface area contributed by atoms with Crippen molar-refractivity contribution in [2.45, 2.75) is 13.3 Å². The number of aromatic nitrogens is 1. The number of hydrogen-bond acceptors (Lipinski definition) is 3. The van der Waals surface area contributed by atoms with Crippen LogP contribution in [0, 0.1) is 5.82 Å². The molecule has 0 unspecified atom stereocenters. The molecule has 0 amide bonds. The van der Waals surface area contributed by atoms with E-state index < -0.39 is 5.82 Å². The third-order valence-corrected chi connectivity index (χ3v) is 1.81. The molecule has 3 nitrogen and oxygen atoms in total. The molecule has 0 atom stereocenters. The minimum absolute atomic E-state index is 0.186. The Morgan fingerprint density at radius 2 is 2.31 bits per heavy atom. The highest BCUT2D eigenvalue weighted by Gasteiger charge is 2.09. The van der Waals surface area contributed by atoms with Crippen LogP contribution in [0.4, 0.5) is 10.1 Å². The summed E-state index contributed by atoms with van der Waals surface area (Å²) in [5, 5.41) is 0. The molecular weight excluding hydrogens is 171 g/mol. The summed E-state index contributed by atoms with van der Waals surface area (Å²) < 4.78 is 18.3. The predicted molar refractivity (Wildman–Crippen MR) is 47.8 cm³/mol. The number of halogens is 1. The Kier molecular flexibility index (Phi) is 1.69. The summed E-state index contributed by atoms with van der Waals surface area (Å²) >= 11 is 0. The highest BCUT2D eigenvalue weighted by molar-refractivity contribution is 5.77. The van der Waals surface area contributed by atoms with Crippen molar-refractivity contribution in [2.24, 2.45) is 0 Å². The van der Waals surface area contributed by atoms with E-state index in [2.05, 4.69) is 4.98 Å². The monoisotopic (exact) mass is 180 g/mol. The molecule has 0 aliphatic rings. The van der Waals surface area contributed by atoms with E-state index in [1.165, 1.54) is 6.07 Å². The molecule has 1 aromatic carbocycles. The second-order valence-corrected chi connectivity index (χ2v) is 2.81. The van der Waals surface area contributed by atoms with Gasteiger partial charge in [-0.1, -0.05) is 6.92 Å². The molecule has 4 heteroatoms. The summed E-state index contributed by atoms with van der Waals surface area (Å²) in [4.78, 5) is 4.07. The number of hydrogen-bond donors (Lipinski definition) is 1. The second kappa shape index (κ2) is 2.73. The lowest BCUT2D eigenvalue weighted by Gasteiger charge is -1.92. The minimum Gasteiger partial charge on any atom is -0.438 e. The van der Waals surface area contributed by atoms with Gasteiger partial charge in [-0.15, -0.1) is 0 Å². The van der Waals surface area contributed by atoms with E-state index in [4.69, 9.17) is 10.2 Å². The lowest BCUT2D eigenvalue weighted by molar-refractivity contribution is 0.512. The largest absolute Gasteiger partial charge is 0.438 e. The van der Waals surface area contributed by atoms with Crippen molar-refractivity contribution in [2.75, 3.05) is 5.73 Å². The molecule has 0 fully saturated rings. The smallest absolute Gasteiger partial charge is 0.195 e. The maximum absolute atomic E-state index is 13.2. The van der Waals surface area contributed by atoms with Crippen LogP contribution in [0.25, 0.3) is 11.1 Å². The van der Waals surface area contributed by atoms with Crippen LogP contribution in [-0.2, 0) is 6.42 Å². The third-order valence-electron chi connectivity index (χ3n) is 1.81. The Balaban J connectivity index is 2.75. The molecule has 68 valence electrons. The predicted octanol–water partition coefficient (Wildman–Crippen LogP) is 2.11. The van der Waals surface area contributed by atoms with Gasteiger partial charge >= 0.3 is 0 Å². The molecule has 0 radical (unpaired) electrons. The van der Waals surface area contributed by atoms with Gasteiger partial charge in [-0.2, -0.15) is 0 Å². The summed E-state index contributed by atoms with van der Waals surface area (Å²) in [6, 6.07) is 2.83. The molecule has 2 rings (SSSR count). The van der Waals surface area contributed by atoms with Crippen molar-refractivity contribution in [3.63, 3.8) is 0 Å². The first-order chi connectivity index (χ1) is 6.20. The maximum atomic E-state index is 13.2. The molecule has 2 aromatic rings. The van der Waals surface area contributed by atoms with Crippen LogP contribution in [0.2, 0.25) is 0 Å². The second-order valence-electron chi connectivity index (χ2n) is 2.81. The van der Waals surface area contributed by atoms with Crippen LogP contribution in [0.3, 0.4) is 0 Å². The van der Waals surface area contributed by atoms with E-state index >= 15 is 0 Å². The molecule has 0 bridgehead atoms. The quantitative estimate of drug-likeness (QED) is 0.684. The lowest BCUT2D eigenvalue weighted by Crippen LogP contribution is -1.86. The van der Waals surface area contributed by atoms with Gasteiger partial charge < -0.3 is 10.2 Å². The number of oxazole rings is 1. The van der Waals surface area contributed by atoms with Crippen molar-refractivity contribution in [1.82, 2.24) is 4.98 Å². The normalized spacial score (nSPS) is 10.9. The highest BCUT2D eigenvalue weighted by atomic mass is 19.1. The Hall–Kier alpha value is -1.58. The van der Waals surface area contributed by atoms with Crippen molar-refractivity contribution in [1.29, 1.82) is 0 Å². The molecule has 0 aliphatic heterocycles. The molecular formula is C9H9FN2O. The fourth-order valence-electron chi connectivity index (χ4n) is 1.21. The van der Waals surface area contributed by atoms with Gasteiger partial charge in [-0.3, -0.25) is 0 Å². The average Bonchev–Trinajstić information content (AvgIpc) is 2.47. The average molecular weight is 180 g/mol. The number of fused-ring (bicyclic) bond motifs is 1. The zero-order valence-corrected chi connectivity index (χ0v) is 7.17. The van der Waals surface area contributed by atoms with Crippen LogP contribution in [-0.4, -0.2) is 4.98 Å². The summed E-state index contributed by atoms with van der Waals surface area (Å²) in [5.74, 6) is 0.0710. The third kappa shape index (κ3) is 1.24. The van der Waals surface area contributed by atoms with Crippen LogP contribution in [0.15, 0.2) is 16.5 Å². The number of rotatable bonds is 1. The van der Waals surface area contributed by atoms with E-state index in [1.54, 1.807) is 6.07 Å². The van der Waals surface area contributed by atoms with Crippen molar-refractivity contribution in [3.8, 4) is 0 Å². The van der Waals surface area contributed by atoms with Gasteiger partial charge in [0.2, 0.25) is 0 Å². The first-order valence-electron chi connectivity index (χ1n) is 4.05. The lowest BCUT2D eigenvalue weighted by atomic mass is 10.3. The Labute approximate surface area is 74.4 Å². The summed E-state index contributed by atoms with van der Waals surface area (Å²) in [6.07, 6.45) is 0.647. The maximum Gasteiger partial charge on any atom is 0.195 e. The molecule has 13 heavy (non-hydrogen) atoms. The fourth-order valence-corrected chi connectivity index (χ4v) is 1.21. The Bertz CT molecular complexity index is 450. The van der Waals surface area contributed by atoms with Gasteiger partial charge in [0, 0.05) is 18.2 Å². The van der Waals surface area contributed by atoms with Gasteiger partial charge in [0.1, 0.15) is 5.52 Å². The zero-order valence-electron chi connectivity index (χ0n) is 7.17. The first-order valence-corrected chi connectivity index (χ1v) is 4.05. The molecule has 1 heterocycles. The van der Waals surface area contributed by atoms with Gasteiger partial charge in [0.05, 0.1) is 0 Å². The first kappa shape index (κ1) is 8.04. The summed E-state index contributed by atoms with van der Waals surface area (Å²) in [7, 11) is 0. The van der Waals surface area contributed by atoms with Crippen LogP contribution < -0.4 is 5.73 Å². The van der Waals surface area contributed by atoms with E-state index in [9.17, 15) is 4.39 Å². The number of nitrogen functional groups attached to an aromatic ring is 1. The number of nitrogens with zero attached hydrogens (tertiary/aromatic N) is 1. The van der Waals surface area contributed by atoms with Crippen molar-refractivity contribution >= 4 is 16.8 Å². The van der Waals surface area contributed by atoms with Crippen molar-refractivity contribution < 1.29 is 8.81 Å². The molecule has 2 N–H and O–H groups in total. The molecule has 0 spiro atoms. The topological polar surface area (TPSA) is 52.0 Å². The van der Waals surface area contributed by atoms with E-state index in [1.807, 2.05) is 6.92 Å². The van der Waals surface area contributed by atoms with Crippen LogP contribution in [0.1, 0.15) is 12.8 Å². The van der Waals surface area contributed by atoms with Crippen molar-refractivity contribution in [3.05, 3.63) is 23.8 Å². The molecule has 0 aliphatic carbocycles. The van der Waals surface area contributed by atoms with Gasteiger partial charge in [-0.05, 0) is 6.07 Å². The van der Waals surface area contributed by atoms with Crippen LogP contribution in [0.5, 0.6) is 0 Å². The van der Waals surface area contributed by atoms with Crippen LogP contribution >= 0.6 is 0 Å². The summed E-state index contributed by atoms with van der Waals surface area (Å²) in [5.41, 5.74) is 6.48. The Morgan fingerprint density at radius 3 is 3.00 bits per heavy atom. The number of benzene rings is 1. The number of aryl methyl sites for hydroxylation is 1. The highest BCUT2D eigenvalue weighted by Crippen LogP contribution is 2.22.